The summed E-state index contributed by atoms with van der Waals surface area (Å²) in [6.45, 7) is 1.73. The van der Waals surface area contributed by atoms with Gasteiger partial charge in [-0.15, -0.1) is 0 Å². The van der Waals surface area contributed by atoms with Crippen LogP contribution in [-0.2, 0) is 0 Å². The minimum atomic E-state index is -0.470. The molecule has 0 amide bonds. The maximum absolute atomic E-state index is 9.35. The van der Waals surface area contributed by atoms with Crippen LogP contribution in [0.4, 0.5) is 0 Å². The SMILES string of the molecule is C[C@@H](O)c1cnc2ccccn12. The molecule has 2 aromatic heterocycles. The highest BCUT2D eigenvalue weighted by Gasteiger charge is 2.06. The third-order valence-corrected chi connectivity index (χ3v) is 1.87. The molecule has 62 valence electrons. The van der Waals surface area contributed by atoms with Crippen molar-refractivity contribution in [1.29, 1.82) is 0 Å². The van der Waals surface area contributed by atoms with E-state index in [1.165, 1.54) is 0 Å². The molecule has 0 spiro atoms. The van der Waals surface area contributed by atoms with Crippen molar-refractivity contribution in [1.82, 2.24) is 9.38 Å². The van der Waals surface area contributed by atoms with Gasteiger partial charge in [0.15, 0.2) is 0 Å². The van der Waals surface area contributed by atoms with Gasteiger partial charge in [-0.2, -0.15) is 0 Å². The Morgan fingerprint density at radius 2 is 2.33 bits per heavy atom. The van der Waals surface area contributed by atoms with Crippen molar-refractivity contribution in [3.63, 3.8) is 0 Å². The first-order chi connectivity index (χ1) is 5.79. The van der Waals surface area contributed by atoms with E-state index in [0.29, 0.717) is 0 Å². The van der Waals surface area contributed by atoms with Crippen LogP contribution in [-0.4, -0.2) is 14.5 Å². The second-order valence-electron chi connectivity index (χ2n) is 2.79. The first kappa shape index (κ1) is 7.31. The van der Waals surface area contributed by atoms with Gasteiger partial charge in [-0.05, 0) is 19.1 Å². The molecule has 0 saturated carbocycles. The summed E-state index contributed by atoms with van der Waals surface area (Å²) in [4.78, 5) is 4.14. The maximum Gasteiger partial charge on any atom is 0.136 e. The molecule has 0 radical (unpaired) electrons. The van der Waals surface area contributed by atoms with E-state index in [9.17, 15) is 5.11 Å². The minimum absolute atomic E-state index is 0.470. The monoisotopic (exact) mass is 162 g/mol. The number of hydrogen-bond donors (Lipinski definition) is 1. The van der Waals surface area contributed by atoms with E-state index in [1.807, 2.05) is 28.8 Å². The Bertz CT molecular complexity index is 392. The zero-order valence-electron chi connectivity index (χ0n) is 6.81. The fourth-order valence-electron chi connectivity index (χ4n) is 1.26. The van der Waals surface area contributed by atoms with E-state index in [4.69, 9.17) is 0 Å². The molecule has 0 aliphatic rings. The van der Waals surface area contributed by atoms with E-state index in [0.717, 1.165) is 11.3 Å². The Balaban J connectivity index is 2.70. The summed E-state index contributed by atoms with van der Waals surface area (Å²) in [5.41, 5.74) is 1.69. The number of nitrogens with zero attached hydrogens (tertiary/aromatic N) is 2. The van der Waals surface area contributed by atoms with Crippen LogP contribution < -0.4 is 0 Å². The van der Waals surface area contributed by atoms with E-state index < -0.39 is 6.10 Å². The average Bonchev–Trinajstić information content (AvgIpc) is 2.47. The van der Waals surface area contributed by atoms with Crippen LogP contribution in [0.3, 0.4) is 0 Å². The van der Waals surface area contributed by atoms with Crippen LogP contribution in [0.15, 0.2) is 30.6 Å². The lowest BCUT2D eigenvalue weighted by Crippen LogP contribution is -1.95. The molecule has 1 atom stereocenters. The van der Waals surface area contributed by atoms with Gasteiger partial charge in [-0.25, -0.2) is 4.98 Å². The van der Waals surface area contributed by atoms with Crippen molar-refractivity contribution in [2.45, 2.75) is 13.0 Å². The highest BCUT2D eigenvalue weighted by atomic mass is 16.3. The Morgan fingerprint density at radius 3 is 3.08 bits per heavy atom. The molecule has 2 aromatic rings. The number of aliphatic hydroxyl groups is 1. The van der Waals surface area contributed by atoms with E-state index in [1.54, 1.807) is 13.1 Å². The second-order valence-corrected chi connectivity index (χ2v) is 2.79. The van der Waals surface area contributed by atoms with E-state index in [2.05, 4.69) is 4.98 Å². The van der Waals surface area contributed by atoms with Crippen LogP contribution in [0, 0.1) is 0 Å². The van der Waals surface area contributed by atoms with Crippen LogP contribution in [0.5, 0.6) is 0 Å². The third-order valence-electron chi connectivity index (χ3n) is 1.87. The Kier molecular flexibility index (Phi) is 1.59. The summed E-state index contributed by atoms with van der Waals surface area (Å²) in [6, 6.07) is 5.75. The van der Waals surface area contributed by atoms with Gasteiger partial charge in [0.25, 0.3) is 0 Å². The number of fused-ring (bicyclic) bond motifs is 1. The second kappa shape index (κ2) is 2.60. The smallest absolute Gasteiger partial charge is 0.136 e. The molecule has 0 unspecified atom stereocenters. The summed E-state index contributed by atoms with van der Waals surface area (Å²) in [5.74, 6) is 0. The zero-order chi connectivity index (χ0) is 8.55. The first-order valence-corrected chi connectivity index (χ1v) is 3.89. The van der Waals surface area contributed by atoms with Gasteiger partial charge >= 0.3 is 0 Å². The summed E-state index contributed by atoms with van der Waals surface area (Å²) in [7, 11) is 0. The third kappa shape index (κ3) is 0.987. The minimum Gasteiger partial charge on any atom is -0.387 e. The van der Waals surface area contributed by atoms with Crippen molar-refractivity contribution < 1.29 is 5.11 Å². The van der Waals surface area contributed by atoms with Crippen molar-refractivity contribution >= 4 is 5.65 Å². The first-order valence-electron chi connectivity index (χ1n) is 3.89. The summed E-state index contributed by atoms with van der Waals surface area (Å²) < 4.78 is 1.88. The van der Waals surface area contributed by atoms with Crippen molar-refractivity contribution in [2.75, 3.05) is 0 Å². The largest absolute Gasteiger partial charge is 0.387 e. The number of imidazole rings is 1. The van der Waals surface area contributed by atoms with E-state index in [-0.39, 0.29) is 0 Å². The van der Waals surface area contributed by atoms with Crippen molar-refractivity contribution in [3.05, 3.63) is 36.3 Å². The number of rotatable bonds is 1. The molecule has 0 aliphatic carbocycles. The van der Waals surface area contributed by atoms with Gasteiger partial charge < -0.3 is 9.51 Å². The van der Waals surface area contributed by atoms with Crippen LogP contribution in [0.25, 0.3) is 5.65 Å². The Hall–Kier alpha value is -1.35. The van der Waals surface area contributed by atoms with Gasteiger partial charge in [-0.3, -0.25) is 0 Å². The van der Waals surface area contributed by atoms with Crippen LogP contribution in [0.1, 0.15) is 18.7 Å². The molecule has 0 bridgehead atoms. The Labute approximate surface area is 70.3 Å². The standard InChI is InChI=1S/C9H10N2O/c1-7(12)8-6-10-9-4-2-3-5-11(8)9/h2-7,12H,1H3/t7-/m1/s1. The summed E-state index contributed by atoms with van der Waals surface area (Å²) >= 11 is 0. The molecule has 0 aliphatic heterocycles. The molecule has 2 heterocycles. The molecule has 3 nitrogen and oxygen atoms in total. The predicted octanol–water partition coefficient (Wildman–Crippen LogP) is 1.39. The Morgan fingerprint density at radius 1 is 1.50 bits per heavy atom. The highest BCUT2D eigenvalue weighted by molar-refractivity contribution is 5.40. The molecular weight excluding hydrogens is 152 g/mol. The fraction of sp³-hybridized carbons (Fsp3) is 0.222. The molecule has 3 heteroatoms. The average molecular weight is 162 g/mol. The molecule has 0 saturated heterocycles. The molecular formula is C9H10N2O. The van der Waals surface area contributed by atoms with Gasteiger partial charge in [0.1, 0.15) is 5.65 Å². The normalized spacial score (nSPS) is 13.5. The lowest BCUT2D eigenvalue weighted by molar-refractivity contribution is 0.193. The predicted molar refractivity (Wildman–Crippen MR) is 45.8 cm³/mol. The van der Waals surface area contributed by atoms with Gasteiger partial charge in [0.2, 0.25) is 0 Å². The van der Waals surface area contributed by atoms with Gasteiger partial charge in [-0.1, -0.05) is 6.07 Å². The summed E-state index contributed by atoms with van der Waals surface area (Å²) in [5, 5.41) is 9.35. The fourth-order valence-corrected chi connectivity index (χ4v) is 1.26. The highest BCUT2D eigenvalue weighted by Crippen LogP contribution is 2.13. The molecule has 2 rings (SSSR count). The molecule has 0 aromatic carbocycles. The van der Waals surface area contributed by atoms with Crippen molar-refractivity contribution in [3.8, 4) is 0 Å². The van der Waals surface area contributed by atoms with Crippen molar-refractivity contribution in [2.24, 2.45) is 0 Å². The van der Waals surface area contributed by atoms with Crippen LogP contribution >= 0.6 is 0 Å². The summed E-state index contributed by atoms with van der Waals surface area (Å²) in [6.07, 6.45) is 3.12. The topological polar surface area (TPSA) is 37.5 Å². The maximum atomic E-state index is 9.35. The lowest BCUT2D eigenvalue weighted by Gasteiger charge is -2.02. The van der Waals surface area contributed by atoms with Gasteiger partial charge in [0, 0.05) is 6.20 Å². The van der Waals surface area contributed by atoms with Crippen LogP contribution in [0.2, 0.25) is 0 Å². The zero-order valence-corrected chi connectivity index (χ0v) is 6.81. The number of aromatic nitrogens is 2. The van der Waals surface area contributed by atoms with Gasteiger partial charge in [0.05, 0.1) is 18.0 Å². The van der Waals surface area contributed by atoms with E-state index >= 15 is 0 Å². The molecule has 0 fully saturated rings. The quantitative estimate of drug-likeness (QED) is 0.688. The lowest BCUT2D eigenvalue weighted by atomic mass is 10.3. The number of aliphatic hydroxyl groups excluding tert-OH is 1. The number of hydrogen-bond acceptors (Lipinski definition) is 2. The number of pyridine rings is 1. The molecule has 1 N–H and O–H groups in total. The molecule has 12 heavy (non-hydrogen) atoms.